The molecule has 20 heavy (non-hydrogen) atoms. The summed E-state index contributed by atoms with van der Waals surface area (Å²) in [4.78, 5) is 9.71. The van der Waals surface area contributed by atoms with Crippen LogP contribution in [0.2, 0.25) is 0 Å². The quantitative estimate of drug-likeness (QED) is 0.456. The fraction of sp³-hybridized carbons (Fsp3) is 0.455. The van der Waals surface area contributed by atoms with E-state index in [2.05, 4.69) is 4.72 Å². The molecule has 0 spiro atoms. The highest BCUT2D eigenvalue weighted by Gasteiger charge is 2.32. The Bertz CT molecular complexity index is 612. The van der Waals surface area contributed by atoms with E-state index in [0.29, 0.717) is 0 Å². The van der Waals surface area contributed by atoms with E-state index in [-0.39, 0.29) is 12.3 Å². The predicted octanol–water partition coefficient (Wildman–Crippen LogP) is 0.880. The van der Waals surface area contributed by atoms with Crippen molar-refractivity contribution >= 4 is 21.4 Å². The second-order valence-electron chi connectivity index (χ2n) is 4.87. The van der Waals surface area contributed by atoms with Crippen LogP contribution in [0, 0.1) is 10.1 Å². The zero-order valence-electron chi connectivity index (χ0n) is 11.4. The third kappa shape index (κ3) is 3.65. The minimum absolute atomic E-state index is 0.113. The summed E-state index contributed by atoms with van der Waals surface area (Å²) in [5.74, 6) is 0. The van der Waals surface area contributed by atoms with E-state index >= 15 is 0 Å². The molecule has 1 aromatic rings. The summed E-state index contributed by atoms with van der Waals surface area (Å²) in [6.07, 6.45) is 0. The molecule has 0 unspecified atom stereocenters. The summed E-state index contributed by atoms with van der Waals surface area (Å²) < 4.78 is 31.8. The molecule has 9 heteroatoms. The third-order valence-electron chi connectivity index (χ3n) is 2.42. The van der Waals surface area contributed by atoms with Crippen molar-refractivity contribution < 1.29 is 18.1 Å². The van der Waals surface area contributed by atoms with E-state index in [1.807, 2.05) is 0 Å². The lowest BCUT2D eigenvalue weighted by Crippen LogP contribution is -2.46. The summed E-state index contributed by atoms with van der Waals surface area (Å²) in [6, 6.07) is 3.76. The predicted molar refractivity (Wildman–Crippen MR) is 73.8 cm³/mol. The topological polar surface area (TPSA) is 125 Å². The number of ether oxygens (including phenoxy) is 1. The highest BCUT2D eigenvalue weighted by Crippen LogP contribution is 2.30. The summed E-state index contributed by atoms with van der Waals surface area (Å²) in [6.45, 7) is 3.32. The maximum atomic E-state index is 12.3. The zero-order chi connectivity index (χ0) is 15.6. The fourth-order valence-corrected chi connectivity index (χ4v) is 3.36. The summed E-state index contributed by atoms with van der Waals surface area (Å²) in [5, 5.41) is 11.0. The molecule has 1 aromatic carbocycles. The van der Waals surface area contributed by atoms with Gasteiger partial charge < -0.3 is 10.5 Å². The summed E-state index contributed by atoms with van der Waals surface area (Å²) in [5.41, 5.74) is 3.73. The van der Waals surface area contributed by atoms with Crippen molar-refractivity contribution in [3.63, 3.8) is 0 Å². The number of methoxy groups -OCH3 is 1. The maximum absolute atomic E-state index is 12.3. The zero-order valence-corrected chi connectivity index (χ0v) is 12.2. The molecule has 3 N–H and O–H groups in total. The van der Waals surface area contributed by atoms with Gasteiger partial charge in [0, 0.05) is 7.11 Å². The van der Waals surface area contributed by atoms with Gasteiger partial charge in [-0.15, -0.1) is 0 Å². The van der Waals surface area contributed by atoms with Crippen molar-refractivity contribution in [2.24, 2.45) is 0 Å². The van der Waals surface area contributed by atoms with Gasteiger partial charge in [0.25, 0.3) is 0 Å². The van der Waals surface area contributed by atoms with Crippen LogP contribution in [0.5, 0.6) is 0 Å². The third-order valence-corrected chi connectivity index (χ3v) is 4.15. The number of nitrogens with one attached hydrogen (secondary N) is 1. The summed E-state index contributed by atoms with van der Waals surface area (Å²) in [7, 11) is -2.66. The number of anilines is 1. The van der Waals surface area contributed by atoms with Crippen LogP contribution in [0.4, 0.5) is 11.4 Å². The Hall–Kier alpha value is -1.71. The standard InChI is InChI=1S/C11H17N3O5S/c1-11(2,7-19-3)13-20(17,18)9-6-4-5-8(12)10(9)14(15)16/h4-6,13H,7,12H2,1-3H3. The molecular formula is C11H17N3O5S. The van der Waals surface area contributed by atoms with Crippen LogP contribution in [-0.4, -0.2) is 32.6 Å². The smallest absolute Gasteiger partial charge is 0.312 e. The van der Waals surface area contributed by atoms with E-state index in [9.17, 15) is 18.5 Å². The highest BCUT2D eigenvalue weighted by atomic mass is 32.2. The van der Waals surface area contributed by atoms with Gasteiger partial charge in [0.15, 0.2) is 4.90 Å². The first-order chi connectivity index (χ1) is 9.10. The number of benzene rings is 1. The number of sulfonamides is 1. The number of rotatable bonds is 6. The van der Waals surface area contributed by atoms with Gasteiger partial charge in [-0.2, -0.15) is 0 Å². The van der Waals surface area contributed by atoms with Crippen LogP contribution in [-0.2, 0) is 14.8 Å². The van der Waals surface area contributed by atoms with Crippen LogP contribution < -0.4 is 10.5 Å². The first-order valence-electron chi connectivity index (χ1n) is 5.66. The van der Waals surface area contributed by atoms with Gasteiger partial charge in [-0.1, -0.05) is 6.07 Å². The van der Waals surface area contributed by atoms with Gasteiger partial charge in [0.2, 0.25) is 10.0 Å². The molecule has 1 rings (SSSR count). The van der Waals surface area contributed by atoms with Crippen LogP contribution in [0.1, 0.15) is 13.8 Å². The van der Waals surface area contributed by atoms with Gasteiger partial charge in [0.05, 0.1) is 17.1 Å². The van der Waals surface area contributed by atoms with Crippen molar-refractivity contribution in [2.45, 2.75) is 24.3 Å². The van der Waals surface area contributed by atoms with Crippen LogP contribution in [0.25, 0.3) is 0 Å². The molecule has 0 amide bonds. The van der Waals surface area contributed by atoms with E-state index in [4.69, 9.17) is 10.5 Å². The van der Waals surface area contributed by atoms with Crippen molar-refractivity contribution in [1.82, 2.24) is 4.72 Å². The second-order valence-corrected chi connectivity index (χ2v) is 6.52. The van der Waals surface area contributed by atoms with E-state index in [0.717, 1.165) is 6.07 Å². The number of nitrogens with two attached hydrogens (primary N) is 1. The minimum atomic E-state index is -4.09. The SMILES string of the molecule is COCC(C)(C)NS(=O)(=O)c1cccc(N)c1[N+](=O)[O-]. The Morgan fingerprint density at radius 1 is 1.45 bits per heavy atom. The molecule has 0 saturated heterocycles. The lowest BCUT2D eigenvalue weighted by Gasteiger charge is -2.24. The highest BCUT2D eigenvalue weighted by molar-refractivity contribution is 7.89. The van der Waals surface area contributed by atoms with E-state index < -0.39 is 31.1 Å². The van der Waals surface area contributed by atoms with E-state index in [1.54, 1.807) is 13.8 Å². The molecule has 0 saturated carbocycles. The summed E-state index contributed by atoms with van der Waals surface area (Å²) >= 11 is 0. The first kappa shape index (κ1) is 16.3. The van der Waals surface area contributed by atoms with Gasteiger partial charge in [0.1, 0.15) is 5.69 Å². The lowest BCUT2D eigenvalue weighted by atomic mass is 10.1. The molecule has 0 aliphatic heterocycles. The normalized spacial score (nSPS) is 12.3. The Morgan fingerprint density at radius 2 is 2.05 bits per heavy atom. The number of nitrogen functional groups attached to an aromatic ring is 1. The van der Waals surface area contributed by atoms with Gasteiger partial charge in [-0.05, 0) is 26.0 Å². The van der Waals surface area contributed by atoms with Crippen LogP contribution in [0.15, 0.2) is 23.1 Å². The average Bonchev–Trinajstić information content (AvgIpc) is 2.26. The molecule has 0 fully saturated rings. The molecular weight excluding hydrogens is 286 g/mol. The molecule has 0 aromatic heterocycles. The molecule has 0 heterocycles. The Kier molecular flexibility index (Phi) is 4.69. The Labute approximate surface area is 117 Å². The van der Waals surface area contributed by atoms with Crippen molar-refractivity contribution in [2.75, 3.05) is 19.5 Å². The van der Waals surface area contributed by atoms with Gasteiger partial charge in [-0.25, -0.2) is 13.1 Å². The first-order valence-corrected chi connectivity index (χ1v) is 7.15. The molecule has 0 aliphatic carbocycles. The number of nitro groups is 1. The Morgan fingerprint density at radius 3 is 2.55 bits per heavy atom. The fourth-order valence-electron chi connectivity index (χ4n) is 1.76. The monoisotopic (exact) mass is 303 g/mol. The van der Waals surface area contributed by atoms with Crippen molar-refractivity contribution in [3.8, 4) is 0 Å². The average molecular weight is 303 g/mol. The maximum Gasteiger partial charge on any atom is 0.312 e. The molecule has 0 bridgehead atoms. The molecule has 0 radical (unpaired) electrons. The second kappa shape index (κ2) is 5.73. The molecule has 0 aliphatic rings. The number of hydrogen-bond donors (Lipinski definition) is 2. The minimum Gasteiger partial charge on any atom is -0.393 e. The van der Waals surface area contributed by atoms with E-state index in [1.165, 1.54) is 19.2 Å². The number of para-hydroxylation sites is 1. The molecule has 8 nitrogen and oxygen atoms in total. The molecule has 112 valence electrons. The molecule has 0 atom stereocenters. The van der Waals surface area contributed by atoms with Gasteiger partial charge in [-0.3, -0.25) is 10.1 Å². The Balaban J connectivity index is 3.30. The number of nitro benzene ring substituents is 1. The number of nitrogens with zero attached hydrogens (tertiary/aromatic N) is 1. The lowest BCUT2D eigenvalue weighted by molar-refractivity contribution is -0.386. The van der Waals surface area contributed by atoms with Crippen LogP contribution in [0.3, 0.4) is 0 Å². The van der Waals surface area contributed by atoms with Crippen molar-refractivity contribution in [1.29, 1.82) is 0 Å². The van der Waals surface area contributed by atoms with Crippen molar-refractivity contribution in [3.05, 3.63) is 28.3 Å². The van der Waals surface area contributed by atoms with Gasteiger partial charge >= 0.3 is 5.69 Å². The largest absolute Gasteiger partial charge is 0.393 e. The van der Waals surface area contributed by atoms with Crippen LogP contribution >= 0.6 is 0 Å². The number of hydrogen-bond acceptors (Lipinski definition) is 6.